The molecule has 0 radical (unpaired) electrons. The molecule has 1 aromatic rings. The van der Waals surface area contributed by atoms with Crippen molar-refractivity contribution in [3.05, 3.63) is 24.0 Å². The number of nitrogens with zero attached hydrogens (tertiary/aromatic N) is 3. The molecule has 0 aromatic carbocycles. The molecule has 216 valence electrons. The number of ether oxygens (including phenoxy) is 1. The quantitative estimate of drug-likeness (QED) is 0.275. The van der Waals surface area contributed by atoms with Gasteiger partial charge in [-0.3, -0.25) is 14.7 Å². The minimum absolute atomic E-state index is 0.0992. The van der Waals surface area contributed by atoms with Crippen molar-refractivity contribution in [1.82, 2.24) is 20.1 Å². The van der Waals surface area contributed by atoms with Crippen LogP contribution in [0, 0.1) is 5.92 Å². The Morgan fingerprint density at radius 3 is 2.61 bits per heavy atom. The number of rotatable bonds is 12. The molecule has 2 fully saturated rings. The van der Waals surface area contributed by atoms with E-state index in [1.165, 1.54) is 11.8 Å². The molecule has 9 nitrogen and oxygen atoms in total. The highest BCUT2D eigenvalue weighted by atomic mass is 32.2. The van der Waals surface area contributed by atoms with Crippen LogP contribution in [0.2, 0.25) is 0 Å². The molecule has 1 unspecified atom stereocenters. The number of likely N-dealkylation sites (tertiary alicyclic amines) is 1. The maximum atomic E-state index is 13.6. The van der Waals surface area contributed by atoms with Gasteiger partial charge in [0, 0.05) is 41.5 Å². The number of aromatic nitrogens is 1. The lowest BCUT2D eigenvalue weighted by Gasteiger charge is -2.44. The summed E-state index contributed by atoms with van der Waals surface area (Å²) in [6.45, 7) is 5.94. The van der Waals surface area contributed by atoms with E-state index in [1.807, 2.05) is 46.4 Å². The van der Waals surface area contributed by atoms with E-state index in [9.17, 15) is 20.1 Å². The molecule has 2 aliphatic rings. The van der Waals surface area contributed by atoms with Crippen molar-refractivity contribution in [3.8, 4) is 0 Å². The van der Waals surface area contributed by atoms with Crippen LogP contribution in [-0.4, -0.2) is 124 Å². The summed E-state index contributed by atoms with van der Waals surface area (Å²) in [6, 6.07) is 3.19. The predicted molar refractivity (Wildman–Crippen MR) is 153 cm³/mol. The topological polar surface area (TPSA) is 118 Å². The van der Waals surface area contributed by atoms with Crippen LogP contribution in [-0.2, 0) is 16.0 Å². The number of carbonyl (C=O) groups excluding carboxylic acids is 1. The fourth-order valence-electron chi connectivity index (χ4n) is 5.38. The van der Waals surface area contributed by atoms with Crippen molar-refractivity contribution in [2.24, 2.45) is 5.92 Å². The van der Waals surface area contributed by atoms with Crippen LogP contribution in [0.1, 0.15) is 38.8 Å². The van der Waals surface area contributed by atoms with E-state index in [0.717, 1.165) is 49.4 Å². The van der Waals surface area contributed by atoms with Gasteiger partial charge in [0.25, 0.3) is 0 Å². The molecular formula is C27H46N4O5S2. The van der Waals surface area contributed by atoms with E-state index in [-0.39, 0.29) is 17.2 Å². The third-order valence-electron chi connectivity index (χ3n) is 7.58. The van der Waals surface area contributed by atoms with Gasteiger partial charge in [-0.05, 0) is 58.3 Å². The first kappa shape index (κ1) is 31.6. The monoisotopic (exact) mass is 570 g/mol. The van der Waals surface area contributed by atoms with E-state index in [1.54, 1.807) is 18.0 Å². The Hall–Kier alpha value is -0.920. The van der Waals surface area contributed by atoms with E-state index < -0.39 is 35.9 Å². The van der Waals surface area contributed by atoms with Gasteiger partial charge in [-0.1, -0.05) is 20.3 Å². The van der Waals surface area contributed by atoms with Crippen LogP contribution in [0.3, 0.4) is 0 Å². The second kappa shape index (κ2) is 14.6. The largest absolute Gasteiger partial charge is 0.388 e. The van der Waals surface area contributed by atoms with Crippen LogP contribution >= 0.6 is 23.5 Å². The third kappa shape index (κ3) is 8.06. The smallest absolute Gasteiger partial charge is 0.237 e. The molecule has 0 aliphatic carbocycles. The summed E-state index contributed by atoms with van der Waals surface area (Å²) >= 11 is 2.81. The van der Waals surface area contributed by atoms with Gasteiger partial charge in [-0.2, -0.15) is 0 Å². The summed E-state index contributed by atoms with van der Waals surface area (Å²) in [5.74, 6) is 0.385. The fourth-order valence-corrected chi connectivity index (χ4v) is 7.11. The Kier molecular flexibility index (Phi) is 12.2. The third-order valence-corrected chi connectivity index (χ3v) is 9.61. The first-order valence-electron chi connectivity index (χ1n) is 13.5. The summed E-state index contributed by atoms with van der Waals surface area (Å²) in [7, 11) is 6.05. The summed E-state index contributed by atoms with van der Waals surface area (Å²) in [4.78, 5) is 23.3. The van der Waals surface area contributed by atoms with Crippen LogP contribution in [0.4, 0.5) is 0 Å². The van der Waals surface area contributed by atoms with Crippen LogP contribution in [0.25, 0.3) is 0 Å². The number of nitrogens with one attached hydrogen (secondary N) is 1. The Labute approximate surface area is 236 Å². The first-order chi connectivity index (χ1) is 18.0. The van der Waals surface area contributed by atoms with E-state index in [0.29, 0.717) is 5.92 Å². The number of aliphatic hydroxyl groups is 3. The molecule has 3 heterocycles. The summed E-state index contributed by atoms with van der Waals surface area (Å²) in [6.07, 6.45) is 2.64. The minimum atomic E-state index is -1.37. The lowest BCUT2D eigenvalue weighted by Crippen LogP contribution is -2.65. The number of likely N-dealkylation sites (N-methyl/N-ethyl adjacent to an activating group) is 2. The number of hydrogen-bond acceptors (Lipinski definition) is 10. The van der Waals surface area contributed by atoms with E-state index in [2.05, 4.69) is 27.0 Å². The molecule has 0 spiro atoms. The molecular weight excluding hydrogens is 524 g/mol. The lowest BCUT2D eigenvalue weighted by atomic mass is 9.92. The van der Waals surface area contributed by atoms with Gasteiger partial charge in [0.15, 0.2) is 0 Å². The van der Waals surface area contributed by atoms with Crippen molar-refractivity contribution >= 4 is 29.4 Å². The molecule has 11 heteroatoms. The van der Waals surface area contributed by atoms with Crippen molar-refractivity contribution in [3.63, 3.8) is 0 Å². The Morgan fingerprint density at radius 2 is 2.00 bits per heavy atom. The highest BCUT2D eigenvalue weighted by molar-refractivity contribution is 8.00. The maximum absolute atomic E-state index is 13.6. The second-order valence-electron chi connectivity index (χ2n) is 10.9. The fraction of sp³-hybridized carbons (Fsp3) is 0.778. The van der Waals surface area contributed by atoms with Gasteiger partial charge in [0.05, 0.1) is 12.1 Å². The molecule has 1 amide bonds. The highest BCUT2D eigenvalue weighted by Crippen LogP contribution is 2.34. The summed E-state index contributed by atoms with van der Waals surface area (Å²) in [5.41, 5.74) is 0.299. The molecule has 0 bridgehead atoms. The number of amides is 1. The molecule has 4 N–H and O–H groups in total. The standard InChI is InChI=1S/C27H46N4O5S2/c1-7-8-17-13-20(31(5)15-17)26(35)29-21(25-23(33)22(32)24(34)27(36-25)37-6)16(2)38-19-10-9-18(28-14-19)11-12-30(3)4/h9-10,14,16-17,20-25,27,32-34H,7-8,11-13,15H2,1-6H3,(H,29,35)/t16-,17+,20-,21-,22-,23+,24+,25?,27+/m0/s1. The van der Waals surface area contributed by atoms with Crippen LogP contribution in [0.5, 0.6) is 0 Å². The van der Waals surface area contributed by atoms with E-state index >= 15 is 0 Å². The van der Waals surface area contributed by atoms with Gasteiger partial charge < -0.3 is 30.3 Å². The lowest BCUT2D eigenvalue weighted by molar-refractivity contribution is -0.205. The van der Waals surface area contributed by atoms with Crippen molar-refractivity contribution in [1.29, 1.82) is 0 Å². The zero-order chi connectivity index (χ0) is 28.0. The zero-order valence-electron chi connectivity index (χ0n) is 23.5. The number of carbonyl (C=O) groups is 1. The second-order valence-corrected chi connectivity index (χ2v) is 13.3. The van der Waals surface area contributed by atoms with Crippen LogP contribution < -0.4 is 5.32 Å². The van der Waals surface area contributed by atoms with Gasteiger partial charge in [0.2, 0.25) is 5.91 Å². The average Bonchev–Trinajstić information content (AvgIpc) is 3.26. The zero-order valence-corrected chi connectivity index (χ0v) is 25.1. The molecule has 2 saturated heterocycles. The molecule has 0 saturated carbocycles. The normalized spacial score (nSPS) is 31.9. The van der Waals surface area contributed by atoms with Crippen molar-refractivity contribution < 1.29 is 24.9 Å². The Bertz CT molecular complexity index is 878. The molecule has 2 aliphatic heterocycles. The van der Waals surface area contributed by atoms with E-state index in [4.69, 9.17) is 4.74 Å². The van der Waals surface area contributed by atoms with Crippen molar-refractivity contribution in [2.45, 2.75) is 91.6 Å². The number of pyridine rings is 1. The summed E-state index contributed by atoms with van der Waals surface area (Å²) < 4.78 is 6.12. The van der Waals surface area contributed by atoms with Gasteiger partial charge in [-0.15, -0.1) is 23.5 Å². The number of aliphatic hydroxyl groups excluding tert-OH is 3. The predicted octanol–water partition coefficient (Wildman–Crippen LogP) is 1.44. The van der Waals surface area contributed by atoms with Gasteiger partial charge in [-0.25, -0.2) is 0 Å². The van der Waals surface area contributed by atoms with Crippen molar-refractivity contribution in [2.75, 3.05) is 40.5 Å². The summed E-state index contributed by atoms with van der Waals surface area (Å²) in [5, 5.41) is 34.9. The molecule has 1 aromatic heterocycles. The average molecular weight is 571 g/mol. The Morgan fingerprint density at radius 1 is 1.26 bits per heavy atom. The number of thioether (sulfide) groups is 2. The minimum Gasteiger partial charge on any atom is -0.388 e. The molecule has 3 rings (SSSR count). The van der Waals surface area contributed by atoms with Crippen LogP contribution in [0.15, 0.2) is 23.2 Å². The van der Waals surface area contributed by atoms with Gasteiger partial charge >= 0.3 is 0 Å². The van der Waals surface area contributed by atoms with Gasteiger partial charge in [0.1, 0.15) is 29.9 Å². The molecule has 9 atom stereocenters. The highest BCUT2D eigenvalue weighted by Gasteiger charge is 2.48. The number of hydrogen-bond donors (Lipinski definition) is 4. The molecule has 38 heavy (non-hydrogen) atoms. The SMILES string of the molecule is CCC[C@@H]1C[C@@H](C(=O)N[C@H](C2O[C@H](SC)[C@H](O)[C@@H](O)[C@H]2O)[C@H](C)Sc2ccc(CCN(C)C)nc2)N(C)C1. The Balaban J connectivity index is 1.79. The first-order valence-corrected chi connectivity index (χ1v) is 15.7. The maximum Gasteiger partial charge on any atom is 0.237 e.